The zero-order chi connectivity index (χ0) is 20.2. The zero-order valence-corrected chi connectivity index (χ0v) is 16.6. The number of aryl methyl sites for hydroxylation is 2. The van der Waals surface area contributed by atoms with Crippen LogP contribution in [0.4, 0.5) is 5.13 Å². The van der Waals surface area contributed by atoms with Gasteiger partial charge in [-0.1, -0.05) is 6.42 Å². The molecule has 0 unspecified atom stereocenters. The summed E-state index contributed by atoms with van der Waals surface area (Å²) in [5.41, 5.74) is 7.32. The maximum Gasteiger partial charge on any atom is 0.257 e. The molecule has 0 saturated heterocycles. The number of ether oxygens (including phenoxy) is 1. The molecule has 0 spiro atoms. The van der Waals surface area contributed by atoms with Crippen molar-refractivity contribution in [1.82, 2.24) is 4.98 Å². The Balaban J connectivity index is 1.39. The van der Waals surface area contributed by atoms with E-state index in [2.05, 4.69) is 10.3 Å². The van der Waals surface area contributed by atoms with Crippen LogP contribution in [0.15, 0.2) is 48.5 Å². The summed E-state index contributed by atoms with van der Waals surface area (Å²) in [6, 6.07) is 13.4. The van der Waals surface area contributed by atoms with Crippen LogP contribution in [-0.4, -0.2) is 16.8 Å². The molecular formula is C22H21N3O3S. The Kier molecular flexibility index (Phi) is 5.57. The summed E-state index contributed by atoms with van der Waals surface area (Å²) in [7, 11) is 0. The van der Waals surface area contributed by atoms with Gasteiger partial charge in [-0.2, -0.15) is 0 Å². The Hall–Kier alpha value is -3.19. The number of nitrogens with one attached hydrogen (secondary N) is 1. The lowest BCUT2D eigenvalue weighted by molar-refractivity contribution is 0.0997. The van der Waals surface area contributed by atoms with Gasteiger partial charge < -0.3 is 10.5 Å². The minimum atomic E-state index is -0.483. The Morgan fingerprint density at radius 1 is 0.897 bits per heavy atom. The lowest BCUT2D eigenvalue weighted by Gasteiger charge is -2.07. The molecule has 29 heavy (non-hydrogen) atoms. The summed E-state index contributed by atoms with van der Waals surface area (Å²) in [6.07, 6.45) is 5.64. The molecule has 0 aliphatic heterocycles. The number of carbonyl (C=O) groups is 2. The van der Waals surface area contributed by atoms with E-state index in [0.29, 0.717) is 27.8 Å². The SMILES string of the molecule is NC(=O)c1ccc(Oc2ccc(C(=O)Nc3nc4c(s3)CCCCC4)cc2)cc1. The maximum absolute atomic E-state index is 12.5. The van der Waals surface area contributed by atoms with Crippen molar-refractivity contribution in [2.75, 3.05) is 5.32 Å². The standard InChI is InChI=1S/C22H21N3O3S/c23-20(26)14-6-10-16(11-7-14)28-17-12-8-15(9-13-17)21(27)25-22-24-18-4-2-1-3-5-19(18)29-22/h6-13H,1-5H2,(H2,23,26)(H,24,25,27). The third-order valence-electron chi connectivity index (χ3n) is 4.81. The van der Waals surface area contributed by atoms with E-state index in [1.54, 1.807) is 59.9 Å². The molecule has 0 atom stereocenters. The zero-order valence-electron chi connectivity index (χ0n) is 15.8. The van der Waals surface area contributed by atoms with Crippen molar-refractivity contribution in [2.45, 2.75) is 32.1 Å². The molecule has 148 valence electrons. The minimum Gasteiger partial charge on any atom is -0.457 e. The summed E-state index contributed by atoms with van der Waals surface area (Å²) in [4.78, 5) is 29.5. The summed E-state index contributed by atoms with van der Waals surface area (Å²) in [5, 5.41) is 3.57. The number of carbonyl (C=O) groups excluding carboxylic acids is 2. The number of nitrogens with zero attached hydrogens (tertiary/aromatic N) is 1. The number of fused-ring (bicyclic) bond motifs is 1. The molecule has 0 fully saturated rings. The lowest BCUT2D eigenvalue weighted by atomic mass is 10.2. The molecule has 0 radical (unpaired) electrons. The first-order valence-corrected chi connectivity index (χ1v) is 10.4. The molecule has 4 rings (SSSR count). The van der Waals surface area contributed by atoms with E-state index in [1.807, 2.05) is 0 Å². The Morgan fingerprint density at radius 3 is 2.17 bits per heavy atom. The van der Waals surface area contributed by atoms with Gasteiger partial charge in [-0.25, -0.2) is 4.98 Å². The van der Waals surface area contributed by atoms with E-state index in [1.165, 1.54) is 17.7 Å². The van der Waals surface area contributed by atoms with Crippen LogP contribution in [0.1, 0.15) is 50.5 Å². The Bertz CT molecular complexity index is 1000. The molecule has 1 heterocycles. The monoisotopic (exact) mass is 407 g/mol. The average Bonchev–Trinajstić information content (AvgIpc) is 2.96. The van der Waals surface area contributed by atoms with Gasteiger partial charge in [-0.05, 0) is 74.2 Å². The minimum absolute atomic E-state index is 0.189. The predicted molar refractivity (Wildman–Crippen MR) is 113 cm³/mol. The molecular weight excluding hydrogens is 386 g/mol. The van der Waals surface area contributed by atoms with Gasteiger partial charge in [0.15, 0.2) is 5.13 Å². The van der Waals surface area contributed by atoms with Crippen molar-refractivity contribution in [3.05, 3.63) is 70.2 Å². The van der Waals surface area contributed by atoms with E-state index in [0.717, 1.165) is 25.0 Å². The molecule has 3 N–H and O–H groups in total. The predicted octanol–water partition coefficient (Wildman–Crippen LogP) is 4.56. The van der Waals surface area contributed by atoms with Crippen LogP contribution < -0.4 is 15.8 Å². The largest absolute Gasteiger partial charge is 0.457 e. The van der Waals surface area contributed by atoms with Crippen LogP contribution in [0.5, 0.6) is 11.5 Å². The van der Waals surface area contributed by atoms with E-state index in [4.69, 9.17) is 10.5 Å². The van der Waals surface area contributed by atoms with Crippen LogP contribution in [-0.2, 0) is 12.8 Å². The van der Waals surface area contributed by atoms with E-state index < -0.39 is 5.91 Å². The van der Waals surface area contributed by atoms with Crippen molar-refractivity contribution in [1.29, 1.82) is 0 Å². The molecule has 3 aromatic rings. The number of amides is 2. The third kappa shape index (κ3) is 4.63. The maximum atomic E-state index is 12.5. The quantitative estimate of drug-likeness (QED) is 0.607. The first-order valence-electron chi connectivity index (χ1n) is 9.56. The Labute approximate surface area is 172 Å². The van der Waals surface area contributed by atoms with Crippen molar-refractivity contribution in [3.8, 4) is 11.5 Å². The van der Waals surface area contributed by atoms with Crippen molar-refractivity contribution in [3.63, 3.8) is 0 Å². The van der Waals surface area contributed by atoms with Gasteiger partial charge in [0.2, 0.25) is 5.91 Å². The highest BCUT2D eigenvalue weighted by atomic mass is 32.1. The highest BCUT2D eigenvalue weighted by Crippen LogP contribution is 2.29. The highest BCUT2D eigenvalue weighted by Gasteiger charge is 2.16. The number of rotatable bonds is 5. The van der Waals surface area contributed by atoms with Gasteiger partial charge in [-0.3, -0.25) is 14.9 Å². The van der Waals surface area contributed by atoms with Crippen LogP contribution >= 0.6 is 11.3 Å². The number of thiazole rings is 1. The number of aromatic nitrogens is 1. The normalized spacial score (nSPS) is 13.2. The fourth-order valence-corrected chi connectivity index (χ4v) is 4.29. The molecule has 2 aromatic carbocycles. The van der Waals surface area contributed by atoms with Crippen LogP contribution in [0.2, 0.25) is 0 Å². The molecule has 6 nitrogen and oxygen atoms in total. The molecule has 7 heteroatoms. The van der Waals surface area contributed by atoms with Crippen molar-refractivity contribution < 1.29 is 14.3 Å². The topological polar surface area (TPSA) is 94.3 Å². The summed E-state index contributed by atoms with van der Waals surface area (Å²) in [6.45, 7) is 0. The summed E-state index contributed by atoms with van der Waals surface area (Å²) < 4.78 is 5.74. The molecule has 1 aliphatic rings. The first kappa shape index (κ1) is 19.1. The smallest absolute Gasteiger partial charge is 0.257 e. The first-order chi connectivity index (χ1) is 14.1. The van der Waals surface area contributed by atoms with E-state index >= 15 is 0 Å². The summed E-state index contributed by atoms with van der Waals surface area (Å²) in [5.74, 6) is 0.501. The van der Waals surface area contributed by atoms with Gasteiger partial charge in [0.1, 0.15) is 11.5 Å². The molecule has 0 bridgehead atoms. The number of primary amides is 1. The van der Waals surface area contributed by atoms with E-state index in [-0.39, 0.29) is 5.91 Å². The number of anilines is 1. The fourth-order valence-electron chi connectivity index (χ4n) is 3.25. The molecule has 0 saturated carbocycles. The lowest BCUT2D eigenvalue weighted by Crippen LogP contribution is -2.11. The van der Waals surface area contributed by atoms with Crippen LogP contribution in [0.3, 0.4) is 0 Å². The second kappa shape index (κ2) is 8.45. The number of nitrogens with two attached hydrogens (primary N) is 1. The summed E-state index contributed by atoms with van der Waals surface area (Å²) >= 11 is 1.58. The molecule has 1 aromatic heterocycles. The second-order valence-corrected chi connectivity index (χ2v) is 8.00. The van der Waals surface area contributed by atoms with Gasteiger partial charge >= 0.3 is 0 Å². The van der Waals surface area contributed by atoms with Crippen LogP contribution in [0, 0.1) is 0 Å². The van der Waals surface area contributed by atoms with Crippen molar-refractivity contribution >= 4 is 28.3 Å². The molecule has 2 amide bonds. The third-order valence-corrected chi connectivity index (χ3v) is 5.88. The number of hydrogen-bond acceptors (Lipinski definition) is 5. The molecule has 1 aliphatic carbocycles. The van der Waals surface area contributed by atoms with Gasteiger partial charge in [-0.15, -0.1) is 11.3 Å². The number of hydrogen-bond donors (Lipinski definition) is 2. The second-order valence-electron chi connectivity index (χ2n) is 6.92. The highest BCUT2D eigenvalue weighted by molar-refractivity contribution is 7.15. The van der Waals surface area contributed by atoms with E-state index in [9.17, 15) is 9.59 Å². The van der Waals surface area contributed by atoms with Crippen LogP contribution in [0.25, 0.3) is 0 Å². The van der Waals surface area contributed by atoms with Gasteiger partial charge in [0.25, 0.3) is 5.91 Å². The van der Waals surface area contributed by atoms with Crippen molar-refractivity contribution in [2.24, 2.45) is 5.73 Å². The fraction of sp³-hybridized carbons (Fsp3) is 0.227. The Morgan fingerprint density at radius 2 is 1.52 bits per heavy atom. The number of benzene rings is 2. The average molecular weight is 407 g/mol. The van der Waals surface area contributed by atoms with Gasteiger partial charge in [0.05, 0.1) is 5.69 Å². The van der Waals surface area contributed by atoms with Gasteiger partial charge in [0, 0.05) is 16.0 Å².